The molecule has 1 fully saturated rings. The molecule has 2 nitrogen and oxygen atoms in total. The highest BCUT2D eigenvalue weighted by Gasteiger charge is 2.33. The van der Waals surface area contributed by atoms with Crippen LogP contribution in [0.3, 0.4) is 0 Å². The molecule has 0 amide bonds. The van der Waals surface area contributed by atoms with Crippen molar-refractivity contribution < 1.29 is 4.39 Å². The van der Waals surface area contributed by atoms with Crippen molar-refractivity contribution in [3.8, 4) is 0 Å². The molecule has 1 aromatic rings. The maximum Gasteiger partial charge on any atom is 0.153 e. The van der Waals surface area contributed by atoms with Gasteiger partial charge in [0.25, 0.3) is 0 Å². The molecule has 1 saturated carbocycles. The van der Waals surface area contributed by atoms with Crippen LogP contribution in [0.1, 0.15) is 50.8 Å². The van der Waals surface area contributed by atoms with Gasteiger partial charge in [0.05, 0.1) is 0 Å². The maximum absolute atomic E-state index is 14.2. The maximum atomic E-state index is 14.2. The van der Waals surface area contributed by atoms with E-state index in [-0.39, 0.29) is 11.2 Å². The largest absolute Gasteiger partial charge is 0.204 e. The minimum atomic E-state index is -0.248. The fraction of sp³-hybridized carbons (Fsp3) is 0.636. The lowest BCUT2D eigenvalue weighted by atomic mass is 9.87. The monoisotopic (exact) mass is 272 g/mol. The zero-order valence-electron chi connectivity index (χ0n) is 9.14. The van der Waals surface area contributed by atoms with Crippen LogP contribution in [0.25, 0.3) is 0 Å². The van der Waals surface area contributed by atoms with E-state index in [1.54, 1.807) is 0 Å². The summed E-state index contributed by atoms with van der Waals surface area (Å²) in [6, 6.07) is 0. The van der Waals surface area contributed by atoms with Gasteiger partial charge in [-0.05, 0) is 34.2 Å². The van der Waals surface area contributed by atoms with Gasteiger partial charge in [-0.15, -0.1) is 5.10 Å². The van der Waals surface area contributed by atoms with Gasteiger partial charge in [-0.3, -0.25) is 0 Å². The fourth-order valence-electron chi connectivity index (χ4n) is 1.67. The van der Waals surface area contributed by atoms with Crippen molar-refractivity contribution in [2.45, 2.75) is 44.9 Å². The van der Waals surface area contributed by atoms with Crippen molar-refractivity contribution in [2.75, 3.05) is 0 Å². The summed E-state index contributed by atoms with van der Waals surface area (Å²) in [6.07, 6.45) is 2.08. The van der Waals surface area contributed by atoms with Gasteiger partial charge in [0.1, 0.15) is 10.3 Å². The van der Waals surface area contributed by atoms with Gasteiger partial charge in [0, 0.05) is 11.5 Å². The molecule has 0 radical (unpaired) electrons. The standard InChI is InChI=1S/C11H14BrFN2/c1-11(2,3)7-8(13)9(6-4-5-6)14-15-10(7)12/h6H,4-5H2,1-3H3. The molecule has 1 aromatic heterocycles. The number of rotatable bonds is 1. The molecular formula is C11H14BrFN2. The first-order valence-corrected chi connectivity index (χ1v) is 5.92. The highest BCUT2D eigenvalue weighted by molar-refractivity contribution is 9.10. The van der Waals surface area contributed by atoms with E-state index in [0.29, 0.717) is 21.8 Å². The van der Waals surface area contributed by atoms with Crippen LogP contribution in [-0.4, -0.2) is 10.2 Å². The topological polar surface area (TPSA) is 25.8 Å². The Bertz CT molecular complexity index is 394. The van der Waals surface area contributed by atoms with Crippen molar-refractivity contribution in [1.82, 2.24) is 10.2 Å². The average Bonchev–Trinajstić information content (AvgIpc) is 2.84. The summed E-state index contributed by atoms with van der Waals surface area (Å²) < 4.78 is 14.7. The van der Waals surface area contributed by atoms with Crippen molar-refractivity contribution >= 4 is 15.9 Å². The Balaban J connectivity index is 2.56. The molecule has 1 heterocycles. The lowest BCUT2D eigenvalue weighted by Gasteiger charge is -2.21. The summed E-state index contributed by atoms with van der Waals surface area (Å²) in [7, 11) is 0. The molecule has 1 aliphatic carbocycles. The van der Waals surface area contributed by atoms with Crippen LogP contribution < -0.4 is 0 Å². The Hall–Kier alpha value is -0.510. The lowest BCUT2D eigenvalue weighted by molar-refractivity contribution is 0.497. The summed E-state index contributed by atoms with van der Waals surface area (Å²) in [5.74, 6) is 0.124. The summed E-state index contributed by atoms with van der Waals surface area (Å²) >= 11 is 3.27. The molecule has 0 spiro atoms. The third-order valence-corrected chi connectivity index (χ3v) is 3.17. The van der Waals surface area contributed by atoms with Gasteiger partial charge in [-0.2, -0.15) is 5.10 Å². The first-order valence-electron chi connectivity index (χ1n) is 5.13. The molecule has 1 aliphatic rings. The summed E-state index contributed by atoms with van der Waals surface area (Å²) in [4.78, 5) is 0. The number of nitrogens with zero attached hydrogens (tertiary/aromatic N) is 2. The third kappa shape index (κ3) is 2.05. The van der Waals surface area contributed by atoms with Crippen LogP contribution in [0.5, 0.6) is 0 Å². The van der Waals surface area contributed by atoms with Crippen molar-refractivity contribution in [3.05, 3.63) is 21.7 Å². The van der Waals surface area contributed by atoms with Crippen LogP contribution in [0.4, 0.5) is 4.39 Å². The Morgan fingerprint density at radius 3 is 2.33 bits per heavy atom. The van der Waals surface area contributed by atoms with Crippen LogP contribution in [0.2, 0.25) is 0 Å². The smallest absolute Gasteiger partial charge is 0.153 e. The molecule has 4 heteroatoms. The Morgan fingerprint density at radius 1 is 1.27 bits per heavy atom. The highest BCUT2D eigenvalue weighted by atomic mass is 79.9. The normalized spacial score (nSPS) is 16.9. The number of hydrogen-bond acceptors (Lipinski definition) is 2. The molecular weight excluding hydrogens is 259 g/mol. The van der Waals surface area contributed by atoms with Crippen LogP contribution in [0, 0.1) is 5.82 Å². The molecule has 0 unspecified atom stereocenters. The zero-order valence-corrected chi connectivity index (χ0v) is 10.7. The number of hydrogen-bond donors (Lipinski definition) is 0. The predicted octanol–water partition coefficient (Wildman–Crippen LogP) is 3.55. The van der Waals surface area contributed by atoms with Crippen LogP contribution >= 0.6 is 15.9 Å². The fourth-order valence-corrected chi connectivity index (χ4v) is 2.51. The van der Waals surface area contributed by atoms with E-state index in [4.69, 9.17) is 0 Å². The molecule has 0 aliphatic heterocycles. The summed E-state index contributed by atoms with van der Waals surface area (Å²) in [5, 5.41) is 7.94. The predicted molar refractivity (Wildman–Crippen MR) is 60.4 cm³/mol. The minimum absolute atomic E-state index is 0.174. The Labute approximate surface area is 97.4 Å². The van der Waals surface area contributed by atoms with E-state index in [9.17, 15) is 4.39 Å². The second-order valence-corrected chi connectivity index (χ2v) is 5.84. The van der Waals surface area contributed by atoms with Crippen molar-refractivity contribution in [1.29, 1.82) is 0 Å². The molecule has 0 saturated heterocycles. The molecule has 0 N–H and O–H groups in total. The summed E-state index contributed by atoms with van der Waals surface area (Å²) in [6.45, 7) is 5.94. The highest BCUT2D eigenvalue weighted by Crippen LogP contribution is 2.42. The summed E-state index contributed by atoms with van der Waals surface area (Å²) in [5.41, 5.74) is 0.935. The third-order valence-electron chi connectivity index (χ3n) is 2.61. The molecule has 82 valence electrons. The Kier molecular flexibility index (Phi) is 2.57. The quantitative estimate of drug-likeness (QED) is 0.782. The van der Waals surface area contributed by atoms with E-state index in [2.05, 4.69) is 26.1 Å². The molecule has 2 rings (SSSR count). The SMILES string of the molecule is CC(C)(C)c1c(Br)nnc(C2CC2)c1F. The number of aromatic nitrogens is 2. The zero-order chi connectivity index (χ0) is 11.2. The van der Waals surface area contributed by atoms with Gasteiger partial charge < -0.3 is 0 Å². The van der Waals surface area contributed by atoms with Gasteiger partial charge in [-0.25, -0.2) is 4.39 Å². The second kappa shape index (κ2) is 3.51. The lowest BCUT2D eigenvalue weighted by Crippen LogP contribution is -2.18. The van der Waals surface area contributed by atoms with Gasteiger partial charge in [-0.1, -0.05) is 20.8 Å². The molecule has 0 bridgehead atoms. The van der Waals surface area contributed by atoms with E-state index in [0.717, 1.165) is 12.8 Å². The first-order chi connectivity index (χ1) is 6.91. The van der Waals surface area contributed by atoms with Crippen molar-refractivity contribution in [2.24, 2.45) is 0 Å². The van der Waals surface area contributed by atoms with Crippen LogP contribution in [-0.2, 0) is 5.41 Å². The van der Waals surface area contributed by atoms with Gasteiger partial charge in [0.2, 0.25) is 0 Å². The van der Waals surface area contributed by atoms with E-state index in [1.165, 1.54) is 0 Å². The van der Waals surface area contributed by atoms with E-state index in [1.807, 2.05) is 20.8 Å². The van der Waals surface area contributed by atoms with Crippen molar-refractivity contribution in [3.63, 3.8) is 0 Å². The molecule has 0 atom stereocenters. The van der Waals surface area contributed by atoms with Gasteiger partial charge >= 0.3 is 0 Å². The Morgan fingerprint density at radius 2 is 1.87 bits per heavy atom. The van der Waals surface area contributed by atoms with E-state index < -0.39 is 0 Å². The second-order valence-electron chi connectivity index (χ2n) is 5.09. The first kappa shape index (κ1) is 11.0. The average molecular weight is 273 g/mol. The van der Waals surface area contributed by atoms with Crippen LogP contribution in [0.15, 0.2) is 4.60 Å². The van der Waals surface area contributed by atoms with E-state index >= 15 is 0 Å². The molecule has 0 aromatic carbocycles. The number of halogens is 2. The van der Waals surface area contributed by atoms with Gasteiger partial charge in [0.15, 0.2) is 5.82 Å². The molecule has 15 heavy (non-hydrogen) atoms. The minimum Gasteiger partial charge on any atom is -0.204 e.